The smallest absolute Gasteiger partial charge is 0.361 e. The molecule has 0 unspecified atom stereocenters. The van der Waals surface area contributed by atoms with Crippen molar-refractivity contribution in [2.75, 3.05) is 0 Å². The van der Waals surface area contributed by atoms with Gasteiger partial charge in [-0.15, -0.1) is 11.8 Å². The molecule has 0 radical (unpaired) electrons. The quantitative estimate of drug-likeness (QED) is 0.243. The van der Waals surface area contributed by atoms with Crippen LogP contribution >= 0.6 is 46.3 Å². The summed E-state index contributed by atoms with van der Waals surface area (Å²) < 4.78 is 8.39. The van der Waals surface area contributed by atoms with Gasteiger partial charge in [-0.2, -0.15) is 14.7 Å². The summed E-state index contributed by atoms with van der Waals surface area (Å²) in [6, 6.07) is 5.62. The zero-order chi connectivity index (χ0) is 25.0. The average molecular weight is 537 g/mol. The number of carbonyl (C=O) groups excluding carboxylic acids is 2. The summed E-state index contributed by atoms with van der Waals surface area (Å²) >= 11 is 15.8. The third kappa shape index (κ3) is 5.62. The first kappa shape index (κ1) is 26.2. The average Bonchev–Trinajstić information content (AvgIpc) is 3.47. The molecule has 0 N–H and O–H groups in total. The lowest BCUT2D eigenvalue weighted by molar-refractivity contribution is -0.191. The van der Waals surface area contributed by atoms with E-state index in [4.69, 9.17) is 47.4 Å². The predicted molar refractivity (Wildman–Crippen MR) is 135 cm³/mol. The molecule has 178 valence electrons. The molecular formula is C23H22Cl2N4O3S2. The van der Waals surface area contributed by atoms with Crippen molar-refractivity contribution >= 4 is 52.5 Å². The summed E-state index contributed by atoms with van der Waals surface area (Å²) in [5.74, 6) is 0.797. The number of halogens is 2. The van der Waals surface area contributed by atoms with E-state index in [1.54, 1.807) is 29.2 Å². The number of thioether (sulfide) groups is 1. The minimum atomic E-state index is 0.250. The summed E-state index contributed by atoms with van der Waals surface area (Å²) in [5, 5.41) is 11.2. The molecule has 0 amide bonds. The van der Waals surface area contributed by atoms with Crippen molar-refractivity contribution < 1.29 is 14.1 Å². The molecule has 0 aliphatic rings. The largest absolute Gasteiger partial charge is 0.373 e. The van der Waals surface area contributed by atoms with E-state index in [9.17, 15) is 0 Å². The second-order valence-corrected chi connectivity index (χ2v) is 11.1. The molecule has 0 bridgehead atoms. The van der Waals surface area contributed by atoms with Crippen LogP contribution in [0.15, 0.2) is 33.1 Å². The van der Waals surface area contributed by atoms with E-state index < -0.39 is 0 Å². The van der Waals surface area contributed by atoms with Gasteiger partial charge in [-0.1, -0.05) is 66.5 Å². The maximum absolute atomic E-state index is 8.12. The highest BCUT2D eigenvalue weighted by atomic mass is 35.5. The number of aryl methyl sites for hydroxylation is 3. The van der Waals surface area contributed by atoms with Crippen LogP contribution in [0.25, 0.3) is 27.5 Å². The van der Waals surface area contributed by atoms with Gasteiger partial charge in [0.15, 0.2) is 0 Å². The lowest BCUT2D eigenvalue weighted by Crippen LogP contribution is -1.94. The Kier molecular flexibility index (Phi) is 8.73. The van der Waals surface area contributed by atoms with E-state index >= 15 is 0 Å². The molecule has 34 heavy (non-hydrogen) atoms. The highest BCUT2D eigenvalue weighted by Crippen LogP contribution is 2.41. The number of thiazole rings is 1. The summed E-state index contributed by atoms with van der Waals surface area (Å²) in [7, 11) is 0. The van der Waals surface area contributed by atoms with Crippen LogP contribution in [0.1, 0.15) is 37.9 Å². The molecule has 0 aliphatic carbocycles. The lowest BCUT2D eigenvalue weighted by Gasteiger charge is -2.05. The Morgan fingerprint density at radius 2 is 1.91 bits per heavy atom. The van der Waals surface area contributed by atoms with Gasteiger partial charge in [0.25, 0.3) is 0 Å². The zero-order valence-corrected chi connectivity index (χ0v) is 22.3. The van der Waals surface area contributed by atoms with E-state index in [1.807, 2.05) is 36.9 Å². The number of aromatic nitrogens is 4. The molecule has 0 fully saturated rings. The van der Waals surface area contributed by atoms with Crippen LogP contribution in [0, 0.1) is 13.8 Å². The molecule has 0 spiro atoms. The van der Waals surface area contributed by atoms with Crippen molar-refractivity contribution in [1.29, 1.82) is 0 Å². The van der Waals surface area contributed by atoms with Crippen LogP contribution < -0.4 is 0 Å². The molecule has 0 saturated heterocycles. The van der Waals surface area contributed by atoms with Gasteiger partial charge in [0.2, 0.25) is 5.13 Å². The summed E-state index contributed by atoms with van der Waals surface area (Å²) in [5.41, 5.74) is 5.70. The molecule has 0 aliphatic heterocycles. The Balaban J connectivity index is 0.00000103. The fourth-order valence-corrected chi connectivity index (χ4v) is 6.07. The van der Waals surface area contributed by atoms with Gasteiger partial charge in [0.1, 0.15) is 5.76 Å². The second-order valence-electron chi connectivity index (χ2n) is 7.50. The Morgan fingerprint density at radius 3 is 2.53 bits per heavy atom. The maximum Gasteiger partial charge on any atom is 0.373 e. The van der Waals surface area contributed by atoms with E-state index in [1.165, 1.54) is 0 Å². The van der Waals surface area contributed by atoms with E-state index in [-0.39, 0.29) is 6.15 Å². The lowest BCUT2D eigenvalue weighted by atomic mass is 10.0. The van der Waals surface area contributed by atoms with Crippen molar-refractivity contribution in [3.8, 4) is 27.5 Å². The molecule has 4 aromatic rings. The number of nitrogens with zero attached hydrogens (tertiary/aromatic N) is 4. The van der Waals surface area contributed by atoms with Gasteiger partial charge in [-0.3, -0.25) is 0 Å². The minimum absolute atomic E-state index is 0.250. The Hall–Kier alpha value is -2.42. The first-order chi connectivity index (χ1) is 16.2. The van der Waals surface area contributed by atoms with Crippen LogP contribution in [0.3, 0.4) is 0 Å². The SMILES string of the molecule is CCc1noc(C)c1-c1cn(-c2nc(-c3ccc(Cl)c(Cl)c3)c(SC(C)C)s2)nc1C.O=C=O. The topological polar surface area (TPSA) is 90.9 Å². The van der Waals surface area contributed by atoms with Crippen LogP contribution in [0.4, 0.5) is 0 Å². The fraction of sp³-hybridized carbons (Fsp3) is 0.304. The van der Waals surface area contributed by atoms with Crippen molar-refractivity contribution in [2.45, 2.75) is 50.5 Å². The van der Waals surface area contributed by atoms with Gasteiger partial charge in [0.05, 0.1) is 36.9 Å². The fourth-order valence-electron chi connectivity index (χ4n) is 3.32. The highest BCUT2D eigenvalue weighted by Gasteiger charge is 2.21. The van der Waals surface area contributed by atoms with E-state index in [0.717, 1.165) is 55.3 Å². The Bertz CT molecular complexity index is 1340. The standard InChI is InChI=1S/C22H22Cl2N4OS2.CO2/c1-6-18-19(13(5)29-27-18)15-10-28(26-12(15)4)22-25-20(21(31-22)30-11(2)3)14-7-8-16(23)17(24)9-14;2-1-3/h7-11H,6H2,1-5H3;. The van der Waals surface area contributed by atoms with Crippen molar-refractivity contribution in [3.63, 3.8) is 0 Å². The van der Waals surface area contributed by atoms with Crippen LogP contribution in [-0.4, -0.2) is 31.3 Å². The van der Waals surface area contributed by atoms with E-state index in [2.05, 4.69) is 25.9 Å². The Morgan fingerprint density at radius 1 is 1.21 bits per heavy atom. The number of hydrogen-bond acceptors (Lipinski definition) is 8. The molecule has 7 nitrogen and oxygen atoms in total. The first-order valence-corrected chi connectivity index (χ1v) is 12.8. The van der Waals surface area contributed by atoms with Crippen LogP contribution in [0.5, 0.6) is 0 Å². The second kappa shape index (κ2) is 11.3. The van der Waals surface area contributed by atoms with Gasteiger partial charge >= 0.3 is 6.15 Å². The van der Waals surface area contributed by atoms with Crippen LogP contribution in [-0.2, 0) is 16.0 Å². The highest BCUT2D eigenvalue weighted by molar-refractivity contribution is 8.01. The van der Waals surface area contributed by atoms with Gasteiger partial charge in [-0.25, -0.2) is 9.67 Å². The predicted octanol–water partition coefficient (Wildman–Crippen LogP) is 7.05. The van der Waals surface area contributed by atoms with Crippen molar-refractivity contribution in [2.24, 2.45) is 0 Å². The van der Waals surface area contributed by atoms with Crippen molar-refractivity contribution in [1.82, 2.24) is 19.9 Å². The van der Waals surface area contributed by atoms with Gasteiger partial charge < -0.3 is 4.52 Å². The normalized spacial score (nSPS) is 10.8. The monoisotopic (exact) mass is 536 g/mol. The van der Waals surface area contributed by atoms with Gasteiger partial charge in [0, 0.05) is 22.6 Å². The third-order valence-electron chi connectivity index (χ3n) is 4.75. The zero-order valence-electron chi connectivity index (χ0n) is 19.2. The number of hydrogen-bond donors (Lipinski definition) is 0. The summed E-state index contributed by atoms with van der Waals surface area (Å²) in [6.45, 7) is 10.3. The molecular weight excluding hydrogens is 515 g/mol. The summed E-state index contributed by atoms with van der Waals surface area (Å²) in [6.07, 6.45) is 3.06. The van der Waals surface area contributed by atoms with Crippen LogP contribution in [0.2, 0.25) is 10.0 Å². The van der Waals surface area contributed by atoms with Crippen molar-refractivity contribution in [3.05, 3.63) is 51.6 Å². The van der Waals surface area contributed by atoms with Gasteiger partial charge in [-0.05, 0) is 32.4 Å². The first-order valence-electron chi connectivity index (χ1n) is 10.3. The third-order valence-corrected chi connectivity index (χ3v) is 7.75. The molecule has 1 aromatic carbocycles. The molecule has 0 saturated carbocycles. The maximum atomic E-state index is 8.12. The molecule has 3 heterocycles. The molecule has 3 aromatic heterocycles. The molecule has 11 heteroatoms. The Labute approximate surface area is 215 Å². The minimum Gasteiger partial charge on any atom is -0.361 e. The molecule has 0 atom stereocenters. The number of benzene rings is 1. The number of rotatable bonds is 6. The summed E-state index contributed by atoms with van der Waals surface area (Å²) in [4.78, 5) is 21.2. The molecule has 4 rings (SSSR count). The van der Waals surface area contributed by atoms with E-state index in [0.29, 0.717) is 15.3 Å².